The van der Waals surface area contributed by atoms with Crippen LogP contribution in [0.1, 0.15) is 12.0 Å². The molecular formula is C24H23N3O2S. The van der Waals surface area contributed by atoms with Crippen molar-refractivity contribution in [2.24, 2.45) is 0 Å². The second-order valence-corrected chi connectivity index (χ2v) is 9.32. The third-order valence-corrected chi connectivity index (χ3v) is 6.48. The molecule has 0 bridgehead atoms. The van der Waals surface area contributed by atoms with Crippen molar-refractivity contribution < 1.29 is 8.42 Å². The predicted molar refractivity (Wildman–Crippen MR) is 122 cm³/mol. The second kappa shape index (κ2) is 9.05. The minimum absolute atomic E-state index is 0.0679. The van der Waals surface area contributed by atoms with Crippen LogP contribution in [-0.2, 0) is 15.6 Å². The van der Waals surface area contributed by atoms with Crippen LogP contribution in [0.15, 0.2) is 84.9 Å². The van der Waals surface area contributed by atoms with Crippen molar-refractivity contribution in [2.75, 3.05) is 17.6 Å². The molecule has 0 atom stereocenters. The number of hydrogen-bond donors (Lipinski definition) is 1. The molecule has 4 rings (SSSR count). The number of anilines is 1. The molecule has 152 valence electrons. The van der Waals surface area contributed by atoms with Gasteiger partial charge in [-0.1, -0.05) is 78.9 Å². The Morgan fingerprint density at radius 2 is 1.43 bits per heavy atom. The first-order valence-corrected chi connectivity index (χ1v) is 11.7. The van der Waals surface area contributed by atoms with Crippen molar-refractivity contribution in [3.05, 3.63) is 90.5 Å². The van der Waals surface area contributed by atoms with E-state index in [4.69, 9.17) is 4.98 Å². The molecule has 0 unspecified atom stereocenters. The monoisotopic (exact) mass is 417 g/mol. The molecule has 30 heavy (non-hydrogen) atoms. The first-order valence-electron chi connectivity index (χ1n) is 9.91. The van der Waals surface area contributed by atoms with Gasteiger partial charge in [0, 0.05) is 17.5 Å². The van der Waals surface area contributed by atoms with Crippen LogP contribution in [0, 0.1) is 0 Å². The van der Waals surface area contributed by atoms with Crippen LogP contribution in [-0.4, -0.2) is 30.7 Å². The molecule has 0 fully saturated rings. The third kappa shape index (κ3) is 5.02. The number of rotatable bonds is 8. The van der Waals surface area contributed by atoms with Gasteiger partial charge in [0.05, 0.1) is 22.7 Å². The maximum atomic E-state index is 12.4. The molecular weight excluding hydrogens is 394 g/mol. The Hall–Kier alpha value is -3.25. The lowest BCUT2D eigenvalue weighted by Gasteiger charge is -2.10. The highest BCUT2D eigenvalue weighted by Crippen LogP contribution is 2.26. The van der Waals surface area contributed by atoms with Gasteiger partial charge in [-0.05, 0) is 18.1 Å². The van der Waals surface area contributed by atoms with E-state index in [1.807, 2.05) is 84.9 Å². The fourth-order valence-electron chi connectivity index (χ4n) is 3.36. The molecule has 0 aliphatic heterocycles. The topological polar surface area (TPSA) is 72.0 Å². The van der Waals surface area contributed by atoms with E-state index in [0.29, 0.717) is 18.9 Å². The van der Waals surface area contributed by atoms with Crippen molar-refractivity contribution in [1.29, 1.82) is 0 Å². The zero-order valence-corrected chi connectivity index (χ0v) is 17.3. The first-order chi connectivity index (χ1) is 14.6. The summed E-state index contributed by atoms with van der Waals surface area (Å²) in [6, 6.07) is 27.1. The quantitative estimate of drug-likeness (QED) is 0.420. The molecule has 5 nitrogen and oxygen atoms in total. The lowest BCUT2D eigenvalue weighted by atomic mass is 10.1. The summed E-state index contributed by atoms with van der Waals surface area (Å²) >= 11 is 0. The number of benzene rings is 3. The van der Waals surface area contributed by atoms with Crippen LogP contribution in [0.25, 0.3) is 22.2 Å². The minimum atomic E-state index is -3.16. The van der Waals surface area contributed by atoms with E-state index in [-0.39, 0.29) is 11.5 Å². The normalized spacial score (nSPS) is 11.5. The highest BCUT2D eigenvalue weighted by molar-refractivity contribution is 7.90. The van der Waals surface area contributed by atoms with Gasteiger partial charge in [0.2, 0.25) is 5.95 Å². The number of para-hydroxylation sites is 1. The fourth-order valence-corrected chi connectivity index (χ4v) is 4.79. The first kappa shape index (κ1) is 20.0. The van der Waals surface area contributed by atoms with Gasteiger partial charge in [-0.3, -0.25) is 0 Å². The summed E-state index contributed by atoms with van der Waals surface area (Å²) in [5.74, 6) is 0.694. The van der Waals surface area contributed by atoms with Crippen LogP contribution in [0.5, 0.6) is 0 Å². The Morgan fingerprint density at radius 3 is 2.20 bits per heavy atom. The standard InChI is InChI=1S/C24H23N3O2S/c28-30(29,18-19-10-3-1-4-11-19)17-9-16-25-24-26-22-15-8-7-14-21(22)23(27-24)20-12-5-2-6-13-20/h1-8,10-15H,9,16-18H2,(H,25,26,27). The summed E-state index contributed by atoms with van der Waals surface area (Å²) in [5.41, 5.74) is 3.55. The lowest BCUT2D eigenvalue weighted by Crippen LogP contribution is -2.14. The zero-order chi connectivity index (χ0) is 20.8. The average molecular weight is 418 g/mol. The van der Waals surface area contributed by atoms with Crippen LogP contribution >= 0.6 is 0 Å². The Kier molecular flexibility index (Phi) is 6.05. The summed E-state index contributed by atoms with van der Waals surface area (Å²) in [6.07, 6.45) is 0.492. The zero-order valence-electron chi connectivity index (χ0n) is 16.5. The van der Waals surface area contributed by atoms with E-state index >= 15 is 0 Å². The van der Waals surface area contributed by atoms with E-state index in [1.54, 1.807) is 0 Å². The maximum Gasteiger partial charge on any atom is 0.223 e. The molecule has 0 aliphatic carbocycles. The van der Waals surface area contributed by atoms with E-state index in [9.17, 15) is 8.42 Å². The Labute approximate surface area is 176 Å². The molecule has 0 amide bonds. The second-order valence-electron chi connectivity index (χ2n) is 7.14. The number of nitrogens with zero attached hydrogens (tertiary/aromatic N) is 2. The molecule has 1 heterocycles. The maximum absolute atomic E-state index is 12.4. The molecule has 0 spiro atoms. The Morgan fingerprint density at radius 1 is 0.767 bits per heavy atom. The molecule has 6 heteroatoms. The minimum Gasteiger partial charge on any atom is -0.354 e. The third-order valence-electron chi connectivity index (χ3n) is 4.80. The van der Waals surface area contributed by atoms with Crippen LogP contribution < -0.4 is 5.32 Å². The molecule has 1 aromatic heterocycles. The number of aromatic nitrogens is 2. The van der Waals surface area contributed by atoms with Crippen molar-refractivity contribution in [3.63, 3.8) is 0 Å². The average Bonchev–Trinajstić information content (AvgIpc) is 2.77. The number of fused-ring (bicyclic) bond motifs is 1. The SMILES string of the molecule is O=S(=O)(CCCNc1nc(-c2ccccc2)c2ccccc2n1)Cc1ccccc1. The highest BCUT2D eigenvalue weighted by Gasteiger charge is 2.12. The number of sulfone groups is 1. The summed E-state index contributed by atoms with van der Waals surface area (Å²) in [7, 11) is -3.16. The molecule has 0 aliphatic rings. The van der Waals surface area contributed by atoms with E-state index in [1.165, 1.54) is 0 Å². The number of nitrogens with one attached hydrogen (secondary N) is 1. The number of hydrogen-bond acceptors (Lipinski definition) is 5. The van der Waals surface area contributed by atoms with Gasteiger partial charge < -0.3 is 5.32 Å². The van der Waals surface area contributed by atoms with E-state index in [0.717, 1.165) is 27.7 Å². The van der Waals surface area contributed by atoms with E-state index in [2.05, 4.69) is 10.3 Å². The van der Waals surface area contributed by atoms with Gasteiger partial charge in [0.1, 0.15) is 0 Å². The Balaban J connectivity index is 1.44. The fraction of sp³-hybridized carbons (Fsp3) is 0.167. The van der Waals surface area contributed by atoms with Crippen LogP contribution in [0.2, 0.25) is 0 Å². The molecule has 4 aromatic rings. The van der Waals surface area contributed by atoms with Gasteiger partial charge in [-0.15, -0.1) is 0 Å². The predicted octanol–water partition coefficient (Wildman–Crippen LogP) is 4.71. The molecule has 3 aromatic carbocycles. The van der Waals surface area contributed by atoms with E-state index < -0.39 is 9.84 Å². The smallest absolute Gasteiger partial charge is 0.223 e. The molecule has 0 saturated carbocycles. The molecule has 0 radical (unpaired) electrons. The van der Waals surface area contributed by atoms with Gasteiger partial charge in [-0.25, -0.2) is 18.4 Å². The van der Waals surface area contributed by atoms with Crippen molar-refractivity contribution >= 4 is 26.7 Å². The van der Waals surface area contributed by atoms with Gasteiger partial charge in [0.15, 0.2) is 9.84 Å². The van der Waals surface area contributed by atoms with Gasteiger partial charge >= 0.3 is 0 Å². The van der Waals surface area contributed by atoms with Crippen molar-refractivity contribution in [3.8, 4) is 11.3 Å². The van der Waals surface area contributed by atoms with Crippen molar-refractivity contribution in [1.82, 2.24) is 9.97 Å². The lowest BCUT2D eigenvalue weighted by molar-refractivity contribution is 0.593. The molecule has 0 saturated heterocycles. The summed E-state index contributed by atoms with van der Waals surface area (Å²) in [5, 5.41) is 4.18. The van der Waals surface area contributed by atoms with Crippen LogP contribution in [0.3, 0.4) is 0 Å². The van der Waals surface area contributed by atoms with Crippen LogP contribution in [0.4, 0.5) is 5.95 Å². The largest absolute Gasteiger partial charge is 0.354 e. The highest BCUT2D eigenvalue weighted by atomic mass is 32.2. The van der Waals surface area contributed by atoms with Crippen molar-refractivity contribution in [2.45, 2.75) is 12.2 Å². The summed E-state index contributed by atoms with van der Waals surface area (Å²) < 4.78 is 24.7. The van der Waals surface area contributed by atoms with Gasteiger partial charge in [-0.2, -0.15) is 0 Å². The summed E-state index contributed by atoms with van der Waals surface area (Å²) in [4.78, 5) is 9.29. The van der Waals surface area contributed by atoms with Gasteiger partial charge in [0.25, 0.3) is 0 Å². The molecule has 1 N–H and O–H groups in total. The Bertz CT molecular complexity index is 1230. The summed E-state index contributed by atoms with van der Waals surface area (Å²) in [6.45, 7) is 0.487.